The quantitative estimate of drug-likeness (QED) is 0.651. The van der Waals surface area contributed by atoms with Crippen LogP contribution >= 0.6 is 15.9 Å². The van der Waals surface area contributed by atoms with E-state index in [9.17, 15) is 4.79 Å². The first-order valence-corrected chi connectivity index (χ1v) is 8.63. The Hall–Kier alpha value is -0.870. The van der Waals surface area contributed by atoms with Gasteiger partial charge in [0.05, 0.1) is 6.61 Å². The number of hydrogen-bond donors (Lipinski definition) is 1. The highest BCUT2D eigenvalue weighted by Gasteiger charge is 2.51. The highest BCUT2D eigenvalue weighted by atomic mass is 79.9. The van der Waals surface area contributed by atoms with Gasteiger partial charge in [-0.05, 0) is 49.1 Å². The number of alkyl halides is 1. The smallest absolute Gasteiger partial charge is 0.306 e. The Morgan fingerprint density at radius 1 is 1.38 bits per heavy atom. The average molecular weight is 354 g/mol. The largest absolute Gasteiger partial charge is 0.466 e. The molecule has 0 aromatic heterocycles. The van der Waals surface area contributed by atoms with Crippen LogP contribution in [0.3, 0.4) is 0 Å². The zero-order valence-electron chi connectivity index (χ0n) is 12.6. The number of benzene rings is 1. The van der Waals surface area contributed by atoms with Crippen LogP contribution < -0.4 is 5.73 Å². The summed E-state index contributed by atoms with van der Waals surface area (Å²) in [5.74, 6) is 2.13. The third-order valence-corrected chi connectivity index (χ3v) is 5.17. The van der Waals surface area contributed by atoms with E-state index in [4.69, 9.17) is 10.5 Å². The standard InChI is InChI=1S/C12H17NO2.C5H7Br/c1-2-15-12(14)7-6-10-4-3-5-11(8-10)9-13;6-5-2-3-1-4(3)5/h3-5,8H,2,6-7,9,13H2,1H3;3-5H,1-2H2. The van der Waals surface area contributed by atoms with Gasteiger partial charge < -0.3 is 10.5 Å². The number of nitrogens with two attached hydrogens (primary N) is 1. The molecule has 2 fully saturated rings. The number of hydrogen-bond acceptors (Lipinski definition) is 3. The molecule has 3 atom stereocenters. The summed E-state index contributed by atoms with van der Waals surface area (Å²) in [6.45, 7) is 2.79. The third kappa shape index (κ3) is 5.11. The molecule has 0 bridgehead atoms. The van der Waals surface area contributed by atoms with Crippen LogP contribution in [-0.2, 0) is 22.5 Å². The Bertz CT molecular complexity index is 478. The molecule has 0 spiro atoms. The van der Waals surface area contributed by atoms with E-state index in [1.807, 2.05) is 31.2 Å². The van der Waals surface area contributed by atoms with Gasteiger partial charge in [-0.1, -0.05) is 40.2 Å². The molecule has 3 rings (SSSR count). The summed E-state index contributed by atoms with van der Waals surface area (Å²) < 4.78 is 4.86. The van der Waals surface area contributed by atoms with E-state index >= 15 is 0 Å². The lowest BCUT2D eigenvalue weighted by Gasteiger charge is -2.16. The second kappa shape index (κ2) is 7.95. The van der Waals surface area contributed by atoms with Gasteiger partial charge >= 0.3 is 5.97 Å². The third-order valence-electron chi connectivity index (χ3n) is 4.12. The lowest BCUT2D eigenvalue weighted by molar-refractivity contribution is -0.143. The van der Waals surface area contributed by atoms with Crippen molar-refractivity contribution >= 4 is 21.9 Å². The second-order valence-electron chi connectivity index (χ2n) is 5.74. The molecule has 3 nitrogen and oxygen atoms in total. The normalized spacial score (nSPS) is 25.0. The van der Waals surface area contributed by atoms with Crippen LogP contribution in [0, 0.1) is 11.8 Å². The van der Waals surface area contributed by atoms with E-state index in [0.29, 0.717) is 26.0 Å². The van der Waals surface area contributed by atoms with E-state index in [1.54, 1.807) is 0 Å². The first kappa shape index (κ1) is 16.5. The zero-order chi connectivity index (χ0) is 15.2. The summed E-state index contributed by atoms with van der Waals surface area (Å²) in [6.07, 6.45) is 4.13. The SMILES string of the molecule is BrC1CC2CC12.CCOC(=O)CCc1cccc(CN)c1. The summed E-state index contributed by atoms with van der Waals surface area (Å²) in [5.41, 5.74) is 7.76. The molecule has 0 radical (unpaired) electrons. The minimum Gasteiger partial charge on any atom is -0.466 e. The molecule has 0 amide bonds. The molecule has 0 heterocycles. The molecule has 2 N–H and O–H groups in total. The van der Waals surface area contributed by atoms with E-state index in [-0.39, 0.29) is 5.97 Å². The summed E-state index contributed by atoms with van der Waals surface area (Å²) in [7, 11) is 0. The van der Waals surface area contributed by atoms with Gasteiger partial charge in [0, 0.05) is 17.8 Å². The fourth-order valence-electron chi connectivity index (χ4n) is 2.64. The van der Waals surface area contributed by atoms with Gasteiger partial charge in [0.2, 0.25) is 0 Å². The maximum absolute atomic E-state index is 11.1. The van der Waals surface area contributed by atoms with Crippen LogP contribution in [0.25, 0.3) is 0 Å². The molecule has 2 aliphatic rings. The average Bonchev–Trinajstić information content (AvgIpc) is 3.17. The molecule has 0 saturated heterocycles. The Balaban J connectivity index is 0.000000218. The summed E-state index contributed by atoms with van der Waals surface area (Å²) >= 11 is 3.57. The van der Waals surface area contributed by atoms with Gasteiger partial charge in [-0.2, -0.15) is 0 Å². The number of carbonyl (C=O) groups excluding carboxylic acids is 1. The summed E-state index contributed by atoms with van der Waals surface area (Å²) in [5, 5.41) is 0. The van der Waals surface area contributed by atoms with Crippen LogP contribution in [0.5, 0.6) is 0 Å². The zero-order valence-corrected chi connectivity index (χ0v) is 14.1. The van der Waals surface area contributed by atoms with Crippen molar-refractivity contribution in [1.82, 2.24) is 0 Å². The maximum Gasteiger partial charge on any atom is 0.306 e. The highest BCUT2D eigenvalue weighted by Crippen LogP contribution is 2.58. The topological polar surface area (TPSA) is 52.3 Å². The predicted molar refractivity (Wildman–Crippen MR) is 88.2 cm³/mol. The first-order valence-electron chi connectivity index (χ1n) is 7.71. The van der Waals surface area contributed by atoms with Gasteiger partial charge in [0.1, 0.15) is 0 Å². The molecular formula is C17H24BrNO2. The van der Waals surface area contributed by atoms with Crippen molar-refractivity contribution in [3.8, 4) is 0 Å². The number of rotatable bonds is 5. The Kier molecular flexibility index (Phi) is 6.24. The van der Waals surface area contributed by atoms with E-state index in [1.165, 1.54) is 12.8 Å². The monoisotopic (exact) mass is 353 g/mol. The Morgan fingerprint density at radius 3 is 2.62 bits per heavy atom. The van der Waals surface area contributed by atoms with Crippen molar-refractivity contribution in [3.63, 3.8) is 0 Å². The number of ether oxygens (including phenoxy) is 1. The lowest BCUT2D eigenvalue weighted by Crippen LogP contribution is -2.13. The van der Waals surface area contributed by atoms with E-state index in [0.717, 1.165) is 27.8 Å². The number of halogens is 1. The number of aryl methyl sites for hydroxylation is 1. The van der Waals surface area contributed by atoms with Crippen molar-refractivity contribution in [2.24, 2.45) is 17.6 Å². The van der Waals surface area contributed by atoms with Crippen molar-refractivity contribution in [3.05, 3.63) is 35.4 Å². The lowest BCUT2D eigenvalue weighted by atomic mass is 10.0. The van der Waals surface area contributed by atoms with Crippen molar-refractivity contribution in [2.75, 3.05) is 6.61 Å². The van der Waals surface area contributed by atoms with Gasteiger partial charge in [-0.25, -0.2) is 0 Å². The molecule has 21 heavy (non-hydrogen) atoms. The van der Waals surface area contributed by atoms with Crippen LogP contribution in [0.1, 0.15) is 37.3 Å². The fourth-order valence-corrected chi connectivity index (χ4v) is 3.77. The first-order chi connectivity index (χ1) is 10.1. The van der Waals surface area contributed by atoms with E-state index in [2.05, 4.69) is 15.9 Å². The van der Waals surface area contributed by atoms with Crippen molar-refractivity contribution in [2.45, 2.75) is 44.0 Å². The fraction of sp³-hybridized carbons (Fsp3) is 0.588. The number of esters is 1. The Morgan fingerprint density at radius 2 is 2.14 bits per heavy atom. The van der Waals surface area contributed by atoms with Crippen molar-refractivity contribution < 1.29 is 9.53 Å². The van der Waals surface area contributed by atoms with Gasteiger partial charge in [0.25, 0.3) is 0 Å². The number of carbonyl (C=O) groups is 1. The van der Waals surface area contributed by atoms with Crippen LogP contribution in [0.4, 0.5) is 0 Å². The predicted octanol–water partition coefficient (Wildman–Crippen LogP) is 3.43. The van der Waals surface area contributed by atoms with Crippen LogP contribution in [0.15, 0.2) is 24.3 Å². The molecule has 3 unspecified atom stereocenters. The van der Waals surface area contributed by atoms with Gasteiger partial charge in [0.15, 0.2) is 0 Å². The van der Waals surface area contributed by atoms with Crippen LogP contribution in [-0.4, -0.2) is 17.4 Å². The van der Waals surface area contributed by atoms with Gasteiger partial charge in [-0.3, -0.25) is 4.79 Å². The molecule has 4 heteroatoms. The van der Waals surface area contributed by atoms with Gasteiger partial charge in [-0.15, -0.1) is 0 Å². The molecule has 116 valence electrons. The molecule has 2 aliphatic carbocycles. The Labute approximate surface area is 135 Å². The highest BCUT2D eigenvalue weighted by molar-refractivity contribution is 9.09. The minimum atomic E-state index is -0.143. The molecule has 0 aliphatic heterocycles. The second-order valence-corrected chi connectivity index (χ2v) is 6.92. The molecule has 1 aromatic carbocycles. The van der Waals surface area contributed by atoms with Crippen molar-refractivity contribution in [1.29, 1.82) is 0 Å². The molecular weight excluding hydrogens is 330 g/mol. The summed E-state index contributed by atoms with van der Waals surface area (Å²) in [4.78, 5) is 12.0. The van der Waals surface area contributed by atoms with E-state index < -0.39 is 0 Å². The summed E-state index contributed by atoms with van der Waals surface area (Å²) in [6, 6.07) is 7.97. The molecule has 2 saturated carbocycles. The maximum atomic E-state index is 11.1. The number of fused-ring (bicyclic) bond motifs is 1. The molecule has 1 aromatic rings. The van der Waals surface area contributed by atoms with Crippen LogP contribution in [0.2, 0.25) is 0 Å². The minimum absolute atomic E-state index is 0.143.